The molecule has 2 aromatic heterocycles. The first-order valence-electron chi connectivity index (χ1n) is 6.02. The molecule has 94 valence electrons. The van der Waals surface area contributed by atoms with Crippen molar-refractivity contribution in [3.05, 3.63) is 30.4 Å². The molecule has 0 aliphatic carbocycles. The second-order valence-corrected chi connectivity index (χ2v) is 4.53. The molecule has 2 aromatic rings. The van der Waals surface area contributed by atoms with E-state index in [-0.39, 0.29) is 11.9 Å². The second kappa shape index (κ2) is 4.38. The second-order valence-electron chi connectivity index (χ2n) is 4.53. The van der Waals surface area contributed by atoms with Crippen molar-refractivity contribution >= 4 is 11.4 Å². The van der Waals surface area contributed by atoms with E-state index in [9.17, 15) is 4.79 Å². The molecule has 1 saturated heterocycles. The lowest BCUT2D eigenvalue weighted by atomic mass is 10.2. The number of amides is 1. The van der Waals surface area contributed by atoms with Crippen molar-refractivity contribution in [2.45, 2.75) is 12.5 Å². The van der Waals surface area contributed by atoms with Gasteiger partial charge in [0.15, 0.2) is 0 Å². The highest BCUT2D eigenvalue weighted by molar-refractivity contribution is 6.00. The summed E-state index contributed by atoms with van der Waals surface area (Å²) in [5.41, 5.74) is 1.36. The number of hydrogen-bond donors (Lipinski definition) is 1. The van der Waals surface area contributed by atoms with Crippen molar-refractivity contribution in [2.24, 2.45) is 0 Å². The van der Waals surface area contributed by atoms with Gasteiger partial charge < -0.3 is 10.2 Å². The molecule has 3 rings (SSSR count). The van der Waals surface area contributed by atoms with Crippen LogP contribution < -0.4 is 5.32 Å². The molecule has 1 aliphatic heterocycles. The molecule has 6 heteroatoms. The maximum atomic E-state index is 12.4. The van der Waals surface area contributed by atoms with Gasteiger partial charge in [0.2, 0.25) is 0 Å². The van der Waals surface area contributed by atoms with Gasteiger partial charge in [0, 0.05) is 32.0 Å². The van der Waals surface area contributed by atoms with Gasteiger partial charge in [-0.05, 0) is 13.0 Å². The lowest BCUT2D eigenvalue weighted by Gasteiger charge is -2.23. The van der Waals surface area contributed by atoms with E-state index in [2.05, 4.69) is 15.4 Å². The molecule has 0 saturated carbocycles. The molecule has 1 fully saturated rings. The van der Waals surface area contributed by atoms with Crippen molar-refractivity contribution in [3.8, 4) is 0 Å². The molecular formula is C12H15N5O. The highest BCUT2D eigenvalue weighted by Crippen LogP contribution is 2.15. The normalized spacial score (nSPS) is 19.3. The molecular weight excluding hydrogens is 230 g/mol. The van der Waals surface area contributed by atoms with Gasteiger partial charge in [-0.15, -0.1) is 0 Å². The number of likely N-dealkylation sites (N-methyl/N-ethyl adjacent to an activating group) is 1. The van der Waals surface area contributed by atoms with Crippen molar-refractivity contribution in [1.29, 1.82) is 0 Å². The molecule has 0 spiro atoms. The van der Waals surface area contributed by atoms with Crippen LogP contribution in [0.2, 0.25) is 0 Å². The standard InChI is InChI=1S/C12H15N5O/c1-16(9-2-3-13-6-9)12(18)10-7-15-17-5-4-14-8-11(10)17/h4-5,7-9,13H,2-3,6H2,1H3. The Labute approximate surface area is 105 Å². The predicted molar refractivity (Wildman–Crippen MR) is 66.4 cm³/mol. The van der Waals surface area contributed by atoms with Crippen molar-refractivity contribution in [3.63, 3.8) is 0 Å². The van der Waals surface area contributed by atoms with E-state index in [1.165, 1.54) is 0 Å². The maximum absolute atomic E-state index is 12.4. The summed E-state index contributed by atoms with van der Waals surface area (Å²) in [6.07, 6.45) is 7.67. The lowest BCUT2D eigenvalue weighted by Crippen LogP contribution is -2.38. The van der Waals surface area contributed by atoms with E-state index in [0.717, 1.165) is 25.0 Å². The highest BCUT2D eigenvalue weighted by Gasteiger charge is 2.25. The summed E-state index contributed by atoms with van der Waals surface area (Å²) in [5, 5.41) is 7.43. The monoisotopic (exact) mass is 245 g/mol. The van der Waals surface area contributed by atoms with Crippen LogP contribution in [0.1, 0.15) is 16.8 Å². The number of aromatic nitrogens is 3. The molecule has 1 atom stereocenters. The molecule has 1 N–H and O–H groups in total. The van der Waals surface area contributed by atoms with Gasteiger partial charge in [0.25, 0.3) is 5.91 Å². The molecule has 1 unspecified atom stereocenters. The Bertz CT molecular complexity index is 573. The minimum Gasteiger partial charge on any atom is -0.337 e. The summed E-state index contributed by atoms with van der Waals surface area (Å²) in [4.78, 5) is 18.3. The first-order chi connectivity index (χ1) is 8.77. The molecule has 1 amide bonds. The van der Waals surface area contributed by atoms with Crippen LogP contribution in [0.15, 0.2) is 24.8 Å². The van der Waals surface area contributed by atoms with Crippen LogP contribution in [-0.4, -0.2) is 51.6 Å². The van der Waals surface area contributed by atoms with Crippen LogP contribution >= 0.6 is 0 Å². The first kappa shape index (κ1) is 11.2. The largest absolute Gasteiger partial charge is 0.337 e. The third-order valence-electron chi connectivity index (χ3n) is 3.46. The van der Waals surface area contributed by atoms with Gasteiger partial charge in [0.1, 0.15) is 0 Å². The SMILES string of the molecule is CN(C(=O)c1cnn2ccncc12)C1CCNC1. The van der Waals surface area contributed by atoms with Crippen LogP contribution in [-0.2, 0) is 0 Å². The first-order valence-corrected chi connectivity index (χ1v) is 6.02. The quantitative estimate of drug-likeness (QED) is 0.819. The van der Waals surface area contributed by atoms with Crippen LogP contribution in [0, 0.1) is 0 Å². The maximum Gasteiger partial charge on any atom is 0.257 e. The van der Waals surface area contributed by atoms with Crippen LogP contribution in [0.3, 0.4) is 0 Å². The van der Waals surface area contributed by atoms with E-state index >= 15 is 0 Å². The lowest BCUT2D eigenvalue weighted by molar-refractivity contribution is 0.0745. The van der Waals surface area contributed by atoms with Crippen molar-refractivity contribution < 1.29 is 4.79 Å². The van der Waals surface area contributed by atoms with E-state index in [1.807, 2.05) is 7.05 Å². The summed E-state index contributed by atoms with van der Waals surface area (Å²) in [7, 11) is 1.85. The fourth-order valence-electron chi connectivity index (χ4n) is 2.33. The molecule has 6 nitrogen and oxygen atoms in total. The van der Waals surface area contributed by atoms with Crippen LogP contribution in [0.25, 0.3) is 5.52 Å². The van der Waals surface area contributed by atoms with Crippen molar-refractivity contribution in [1.82, 2.24) is 24.8 Å². The third-order valence-corrected chi connectivity index (χ3v) is 3.46. The summed E-state index contributed by atoms with van der Waals surface area (Å²) in [5.74, 6) is 0.00620. The third kappa shape index (κ3) is 1.74. The minimum atomic E-state index is 0.00620. The van der Waals surface area contributed by atoms with Gasteiger partial charge in [0.05, 0.1) is 23.5 Å². The summed E-state index contributed by atoms with van der Waals surface area (Å²) in [6, 6.07) is 0.268. The number of nitrogens with one attached hydrogen (secondary N) is 1. The minimum absolute atomic E-state index is 0.00620. The number of carbonyl (C=O) groups is 1. The van der Waals surface area contributed by atoms with Gasteiger partial charge in [-0.2, -0.15) is 5.10 Å². The molecule has 0 aromatic carbocycles. The average molecular weight is 245 g/mol. The van der Waals surface area contributed by atoms with Crippen LogP contribution in [0.4, 0.5) is 0 Å². The Morgan fingerprint density at radius 3 is 3.22 bits per heavy atom. The smallest absolute Gasteiger partial charge is 0.257 e. The zero-order chi connectivity index (χ0) is 12.5. The Kier molecular flexibility index (Phi) is 2.71. The summed E-state index contributed by atoms with van der Waals surface area (Å²) >= 11 is 0. The Balaban J connectivity index is 1.91. The molecule has 1 aliphatic rings. The van der Waals surface area contributed by atoms with E-state index in [1.54, 1.807) is 34.2 Å². The number of fused-ring (bicyclic) bond motifs is 1. The fourth-order valence-corrected chi connectivity index (χ4v) is 2.33. The zero-order valence-electron chi connectivity index (χ0n) is 10.2. The Hall–Kier alpha value is -1.95. The molecule has 0 bridgehead atoms. The Morgan fingerprint density at radius 2 is 2.44 bits per heavy atom. The molecule has 0 radical (unpaired) electrons. The van der Waals surface area contributed by atoms with Gasteiger partial charge in [-0.25, -0.2) is 4.52 Å². The van der Waals surface area contributed by atoms with E-state index < -0.39 is 0 Å². The van der Waals surface area contributed by atoms with Crippen molar-refractivity contribution in [2.75, 3.05) is 20.1 Å². The Morgan fingerprint density at radius 1 is 1.56 bits per heavy atom. The molecule has 18 heavy (non-hydrogen) atoms. The number of nitrogens with zero attached hydrogens (tertiary/aromatic N) is 4. The fraction of sp³-hybridized carbons (Fsp3) is 0.417. The topological polar surface area (TPSA) is 62.5 Å². The van der Waals surface area contributed by atoms with Gasteiger partial charge in [-0.1, -0.05) is 0 Å². The predicted octanol–water partition coefficient (Wildman–Crippen LogP) is 0.163. The average Bonchev–Trinajstić information content (AvgIpc) is 3.06. The zero-order valence-corrected chi connectivity index (χ0v) is 10.2. The van der Waals surface area contributed by atoms with Gasteiger partial charge in [-0.3, -0.25) is 9.78 Å². The van der Waals surface area contributed by atoms with Crippen LogP contribution in [0.5, 0.6) is 0 Å². The highest BCUT2D eigenvalue weighted by atomic mass is 16.2. The van der Waals surface area contributed by atoms with Gasteiger partial charge >= 0.3 is 0 Å². The number of hydrogen-bond acceptors (Lipinski definition) is 4. The summed E-state index contributed by atoms with van der Waals surface area (Å²) in [6.45, 7) is 1.83. The summed E-state index contributed by atoms with van der Waals surface area (Å²) < 4.78 is 1.67. The van der Waals surface area contributed by atoms with E-state index in [0.29, 0.717) is 5.56 Å². The van der Waals surface area contributed by atoms with E-state index in [4.69, 9.17) is 0 Å². The number of carbonyl (C=O) groups excluding carboxylic acids is 1. The number of rotatable bonds is 2. The molecule has 3 heterocycles.